The maximum Gasteiger partial charge on any atom is 0.234 e. The lowest BCUT2D eigenvalue weighted by Crippen LogP contribution is -2.23. The van der Waals surface area contributed by atoms with Crippen LogP contribution in [0.4, 0.5) is 5.69 Å². The van der Waals surface area contributed by atoms with Crippen LogP contribution in [0, 0.1) is 0 Å². The predicted octanol–water partition coefficient (Wildman–Crippen LogP) is 1.90. The molecule has 20 heavy (non-hydrogen) atoms. The molecule has 1 amide bonds. The number of amides is 1. The number of nitrogens with one attached hydrogen (secondary N) is 1. The number of nitrogens with zero attached hydrogens (tertiary/aromatic N) is 1. The van der Waals surface area contributed by atoms with Gasteiger partial charge in [0.05, 0.1) is 17.6 Å². The van der Waals surface area contributed by atoms with E-state index >= 15 is 0 Å². The molecule has 1 atom stereocenters. The van der Waals surface area contributed by atoms with Gasteiger partial charge in [-0.05, 0) is 31.2 Å². The van der Waals surface area contributed by atoms with Crippen molar-refractivity contribution in [3.63, 3.8) is 0 Å². The van der Waals surface area contributed by atoms with Crippen LogP contribution in [0.15, 0.2) is 29.6 Å². The second kappa shape index (κ2) is 6.02. The van der Waals surface area contributed by atoms with Crippen molar-refractivity contribution in [3.05, 3.63) is 45.4 Å². The summed E-state index contributed by atoms with van der Waals surface area (Å²) in [7, 11) is 0. The van der Waals surface area contributed by atoms with Crippen molar-refractivity contribution < 1.29 is 14.7 Å². The lowest BCUT2D eigenvalue weighted by Gasteiger charge is -2.09. The smallest absolute Gasteiger partial charge is 0.234 e. The SMILES string of the molecule is C[C@@H](C(=O)Nc1ccc(Cl)cc1)c1nc(C(=O)[O-])cs1. The molecule has 1 aromatic heterocycles. The minimum atomic E-state index is -1.35. The number of carbonyl (C=O) groups is 2. The van der Waals surface area contributed by atoms with Gasteiger partial charge in [-0.3, -0.25) is 4.79 Å². The first-order valence-electron chi connectivity index (χ1n) is 5.70. The van der Waals surface area contributed by atoms with Crippen molar-refractivity contribution in [1.29, 1.82) is 0 Å². The molecule has 0 aliphatic carbocycles. The van der Waals surface area contributed by atoms with Crippen molar-refractivity contribution in [2.45, 2.75) is 12.8 Å². The zero-order valence-electron chi connectivity index (χ0n) is 10.4. The highest BCUT2D eigenvalue weighted by atomic mass is 35.5. The van der Waals surface area contributed by atoms with E-state index in [-0.39, 0.29) is 11.6 Å². The Kier molecular flexibility index (Phi) is 4.36. The molecule has 7 heteroatoms. The van der Waals surface area contributed by atoms with E-state index in [1.807, 2.05) is 0 Å². The number of halogens is 1. The molecule has 1 heterocycles. The topological polar surface area (TPSA) is 82.1 Å². The Balaban J connectivity index is 2.07. The average molecular weight is 310 g/mol. The fourth-order valence-corrected chi connectivity index (χ4v) is 2.45. The van der Waals surface area contributed by atoms with Gasteiger partial charge in [0.25, 0.3) is 0 Å². The van der Waals surface area contributed by atoms with Crippen molar-refractivity contribution in [1.82, 2.24) is 4.98 Å². The molecule has 0 spiro atoms. The second-order valence-electron chi connectivity index (χ2n) is 4.08. The maximum absolute atomic E-state index is 12.0. The van der Waals surface area contributed by atoms with E-state index in [0.29, 0.717) is 15.7 Å². The van der Waals surface area contributed by atoms with E-state index in [4.69, 9.17) is 11.6 Å². The summed E-state index contributed by atoms with van der Waals surface area (Å²) >= 11 is 6.87. The molecule has 2 aromatic rings. The summed E-state index contributed by atoms with van der Waals surface area (Å²) in [5, 5.41) is 15.7. The van der Waals surface area contributed by atoms with E-state index in [2.05, 4.69) is 10.3 Å². The zero-order valence-corrected chi connectivity index (χ0v) is 12.0. The highest BCUT2D eigenvalue weighted by molar-refractivity contribution is 7.10. The summed E-state index contributed by atoms with van der Waals surface area (Å²) in [6.45, 7) is 1.66. The van der Waals surface area contributed by atoms with E-state index < -0.39 is 11.9 Å². The molecule has 104 valence electrons. The van der Waals surface area contributed by atoms with Crippen molar-refractivity contribution >= 4 is 40.5 Å². The van der Waals surface area contributed by atoms with Crippen LogP contribution in [0.1, 0.15) is 28.3 Å². The fourth-order valence-electron chi connectivity index (χ4n) is 1.48. The molecule has 5 nitrogen and oxygen atoms in total. The Morgan fingerprint density at radius 3 is 2.55 bits per heavy atom. The Hall–Kier alpha value is -1.92. The monoisotopic (exact) mass is 309 g/mol. The number of hydrogen-bond acceptors (Lipinski definition) is 5. The number of anilines is 1. The number of benzene rings is 1. The van der Waals surface area contributed by atoms with Gasteiger partial charge in [-0.1, -0.05) is 11.6 Å². The van der Waals surface area contributed by atoms with Crippen LogP contribution in [0.25, 0.3) is 0 Å². The summed E-state index contributed by atoms with van der Waals surface area (Å²) < 4.78 is 0. The quantitative estimate of drug-likeness (QED) is 0.935. The van der Waals surface area contributed by atoms with E-state index in [1.165, 1.54) is 5.38 Å². The molecule has 0 saturated heterocycles. The van der Waals surface area contributed by atoms with Gasteiger partial charge < -0.3 is 15.2 Å². The van der Waals surface area contributed by atoms with Crippen LogP contribution in [-0.2, 0) is 4.79 Å². The van der Waals surface area contributed by atoms with Gasteiger partial charge in [-0.2, -0.15) is 0 Å². The number of aromatic carboxylic acids is 1. The Morgan fingerprint density at radius 1 is 1.35 bits per heavy atom. The molecule has 0 fully saturated rings. The lowest BCUT2D eigenvalue weighted by molar-refractivity contribution is -0.255. The number of carboxylic acid groups (broad SMARTS) is 1. The molecule has 2 rings (SSSR count). The third kappa shape index (κ3) is 3.34. The van der Waals surface area contributed by atoms with Gasteiger partial charge >= 0.3 is 0 Å². The van der Waals surface area contributed by atoms with E-state index in [0.717, 1.165) is 11.3 Å². The van der Waals surface area contributed by atoms with E-state index in [9.17, 15) is 14.7 Å². The minimum absolute atomic E-state index is 0.156. The average Bonchev–Trinajstić information content (AvgIpc) is 2.90. The van der Waals surface area contributed by atoms with Gasteiger partial charge in [0.2, 0.25) is 5.91 Å². The van der Waals surface area contributed by atoms with Gasteiger partial charge in [0, 0.05) is 16.1 Å². The summed E-state index contributed by atoms with van der Waals surface area (Å²) in [6.07, 6.45) is 0. The minimum Gasteiger partial charge on any atom is -0.543 e. The Bertz CT molecular complexity index is 639. The number of thiazole rings is 1. The first-order chi connectivity index (χ1) is 9.47. The maximum atomic E-state index is 12.0. The summed E-state index contributed by atoms with van der Waals surface area (Å²) in [4.78, 5) is 26.5. The second-order valence-corrected chi connectivity index (χ2v) is 5.40. The van der Waals surface area contributed by atoms with Crippen LogP contribution in [0.5, 0.6) is 0 Å². The third-order valence-corrected chi connectivity index (χ3v) is 3.89. The lowest BCUT2D eigenvalue weighted by atomic mass is 10.1. The van der Waals surface area contributed by atoms with Crippen LogP contribution in [0.3, 0.4) is 0 Å². The summed E-state index contributed by atoms with van der Waals surface area (Å²) in [5.74, 6) is -2.17. The number of carbonyl (C=O) groups excluding carboxylic acids is 2. The molecule has 0 bridgehead atoms. The number of carboxylic acids is 1. The normalized spacial score (nSPS) is 11.9. The zero-order chi connectivity index (χ0) is 14.7. The molecule has 0 unspecified atom stereocenters. The molecule has 0 radical (unpaired) electrons. The van der Waals surface area contributed by atoms with Crippen LogP contribution in [0.2, 0.25) is 5.02 Å². The van der Waals surface area contributed by atoms with Crippen LogP contribution in [-0.4, -0.2) is 16.9 Å². The van der Waals surface area contributed by atoms with Crippen molar-refractivity contribution in [2.75, 3.05) is 5.32 Å². The highest BCUT2D eigenvalue weighted by Gasteiger charge is 2.19. The molecular formula is C13H10ClN2O3S-. The molecule has 1 aromatic carbocycles. The number of aromatic nitrogens is 1. The van der Waals surface area contributed by atoms with Crippen molar-refractivity contribution in [2.24, 2.45) is 0 Å². The van der Waals surface area contributed by atoms with Gasteiger partial charge in [0.15, 0.2) is 0 Å². The summed E-state index contributed by atoms with van der Waals surface area (Å²) in [5.41, 5.74) is 0.457. The highest BCUT2D eigenvalue weighted by Crippen LogP contribution is 2.22. The molecule has 0 saturated carbocycles. The molecule has 1 N–H and O–H groups in total. The standard InChI is InChI=1S/C13H11ClN2O3S/c1-7(12-16-10(6-20-12)13(18)19)11(17)15-9-4-2-8(14)3-5-9/h2-7H,1H3,(H,15,17)(H,18,19)/p-1/t7-/m0/s1. The van der Waals surface area contributed by atoms with Gasteiger partial charge in [-0.25, -0.2) is 4.98 Å². The summed E-state index contributed by atoms with van der Waals surface area (Å²) in [6, 6.07) is 6.70. The largest absolute Gasteiger partial charge is 0.543 e. The van der Waals surface area contributed by atoms with Crippen LogP contribution >= 0.6 is 22.9 Å². The Morgan fingerprint density at radius 2 is 2.00 bits per heavy atom. The van der Waals surface area contributed by atoms with Crippen LogP contribution < -0.4 is 10.4 Å². The number of rotatable bonds is 4. The fraction of sp³-hybridized carbons (Fsp3) is 0.154. The third-order valence-electron chi connectivity index (χ3n) is 2.61. The molecule has 0 aliphatic rings. The number of hydrogen-bond donors (Lipinski definition) is 1. The first kappa shape index (κ1) is 14.5. The van der Waals surface area contributed by atoms with Gasteiger partial charge in [-0.15, -0.1) is 11.3 Å². The molecule has 0 aliphatic heterocycles. The molecular weight excluding hydrogens is 300 g/mol. The predicted molar refractivity (Wildman–Crippen MR) is 74.9 cm³/mol. The first-order valence-corrected chi connectivity index (χ1v) is 6.96. The van der Waals surface area contributed by atoms with E-state index in [1.54, 1.807) is 31.2 Å². The Labute approximate surface area is 124 Å². The van der Waals surface area contributed by atoms with Gasteiger partial charge in [0.1, 0.15) is 5.01 Å². The van der Waals surface area contributed by atoms with Crippen molar-refractivity contribution in [3.8, 4) is 0 Å².